The maximum atomic E-state index is 12.9. The summed E-state index contributed by atoms with van der Waals surface area (Å²) < 4.78 is 11.0. The van der Waals surface area contributed by atoms with E-state index in [0.29, 0.717) is 12.2 Å². The summed E-state index contributed by atoms with van der Waals surface area (Å²) in [7, 11) is 2.11. The molecule has 2 fully saturated rings. The van der Waals surface area contributed by atoms with Crippen molar-refractivity contribution in [1.29, 1.82) is 0 Å². The summed E-state index contributed by atoms with van der Waals surface area (Å²) in [6.07, 6.45) is 4.54. The van der Waals surface area contributed by atoms with E-state index in [0.717, 1.165) is 63.0 Å². The van der Waals surface area contributed by atoms with Crippen LogP contribution in [-0.4, -0.2) is 44.4 Å². The fourth-order valence-electron chi connectivity index (χ4n) is 8.04. The first kappa shape index (κ1) is 20.6. The number of piperidine rings is 1. The average Bonchev–Trinajstić information content (AvgIpc) is 3.46. The van der Waals surface area contributed by atoms with Gasteiger partial charge in [-0.05, 0) is 83.4 Å². The molecule has 1 saturated heterocycles. The van der Waals surface area contributed by atoms with Crippen LogP contribution in [-0.2, 0) is 25.3 Å². The molecule has 1 aromatic heterocycles. The Morgan fingerprint density at radius 1 is 1.21 bits per heavy atom. The predicted molar refractivity (Wildman–Crippen MR) is 137 cm³/mol. The second-order valence-corrected chi connectivity index (χ2v) is 12.9. The van der Waals surface area contributed by atoms with E-state index in [2.05, 4.69) is 66.6 Å². The highest BCUT2D eigenvalue weighted by Gasteiger charge is 2.73. The van der Waals surface area contributed by atoms with Crippen molar-refractivity contribution in [1.82, 2.24) is 9.47 Å². The van der Waals surface area contributed by atoms with Gasteiger partial charge in [0.1, 0.15) is 0 Å². The van der Waals surface area contributed by atoms with E-state index in [1.807, 2.05) is 0 Å². The van der Waals surface area contributed by atoms with Gasteiger partial charge >= 0.3 is 0 Å². The standard InChI is InChI=1S/C27H26Br2N2O3/c1-30-22-16(9-15(28)10-18(22)29)17-11-27(33)20-8-14-4-5-19(32)24-21(14)26(27,25(34-24)23(17)30)6-7-31(20)12-13-2-3-13/h4-5,9-10,13,20,25,32-33H,2-3,6-8,11-12H2,1H3/t20-,25-,26-,27+/m0/s1. The Morgan fingerprint density at radius 2 is 2.03 bits per heavy atom. The molecular weight excluding hydrogens is 560 g/mol. The summed E-state index contributed by atoms with van der Waals surface area (Å²) in [6, 6.07) is 8.15. The molecule has 1 spiro atoms. The molecule has 2 aromatic carbocycles. The number of phenols is 1. The molecule has 176 valence electrons. The first-order valence-corrected chi connectivity index (χ1v) is 13.9. The number of hydrogen-bond donors (Lipinski definition) is 2. The third kappa shape index (κ3) is 2.25. The van der Waals surface area contributed by atoms with Crippen LogP contribution in [0.4, 0.5) is 0 Å². The van der Waals surface area contributed by atoms with Crippen molar-refractivity contribution >= 4 is 42.8 Å². The maximum absolute atomic E-state index is 12.9. The number of benzene rings is 2. The van der Waals surface area contributed by atoms with Gasteiger partial charge in [0.15, 0.2) is 17.6 Å². The molecular formula is C27H26Br2N2O3. The number of aryl methyl sites for hydroxylation is 1. The molecule has 2 aliphatic heterocycles. The lowest BCUT2D eigenvalue weighted by Gasteiger charge is -2.63. The van der Waals surface area contributed by atoms with Gasteiger partial charge in [0, 0.05) is 46.0 Å². The number of rotatable bonds is 2. The van der Waals surface area contributed by atoms with Crippen LogP contribution in [0, 0.1) is 5.92 Å². The number of aliphatic hydroxyl groups is 1. The highest BCUT2D eigenvalue weighted by atomic mass is 79.9. The van der Waals surface area contributed by atoms with Crippen molar-refractivity contribution in [3.05, 3.63) is 55.6 Å². The molecule has 1 saturated carbocycles. The highest BCUT2D eigenvalue weighted by Crippen LogP contribution is 2.69. The van der Waals surface area contributed by atoms with Gasteiger partial charge in [0.25, 0.3) is 0 Å². The fourth-order valence-corrected chi connectivity index (χ4v) is 9.53. The van der Waals surface area contributed by atoms with Gasteiger partial charge in [-0.25, -0.2) is 0 Å². The molecule has 2 bridgehead atoms. The van der Waals surface area contributed by atoms with Gasteiger partial charge in [-0.15, -0.1) is 0 Å². The van der Waals surface area contributed by atoms with Crippen LogP contribution in [0.1, 0.15) is 47.8 Å². The number of halogens is 2. The topological polar surface area (TPSA) is 57.9 Å². The molecule has 8 rings (SSSR count). The molecule has 3 heterocycles. The minimum absolute atomic E-state index is 0.0509. The highest BCUT2D eigenvalue weighted by molar-refractivity contribution is 9.11. The quantitative estimate of drug-likeness (QED) is 0.439. The number of aromatic nitrogens is 1. The Kier molecular flexibility index (Phi) is 3.89. The van der Waals surface area contributed by atoms with Crippen LogP contribution >= 0.6 is 31.9 Å². The van der Waals surface area contributed by atoms with Crippen LogP contribution < -0.4 is 4.74 Å². The monoisotopic (exact) mass is 584 g/mol. The van der Waals surface area contributed by atoms with Gasteiger partial charge < -0.3 is 19.5 Å². The Labute approximate surface area is 215 Å². The van der Waals surface area contributed by atoms with Crippen molar-refractivity contribution in [2.24, 2.45) is 13.0 Å². The van der Waals surface area contributed by atoms with Crippen LogP contribution in [0.5, 0.6) is 11.5 Å². The number of aromatic hydroxyl groups is 1. The zero-order chi connectivity index (χ0) is 23.1. The summed E-state index contributed by atoms with van der Waals surface area (Å²) in [6.45, 7) is 2.04. The van der Waals surface area contributed by atoms with Gasteiger partial charge in [0.2, 0.25) is 0 Å². The number of phenolic OH excluding ortho intramolecular Hbond substituents is 1. The number of nitrogens with zero attached hydrogens (tertiary/aromatic N) is 2. The van der Waals surface area contributed by atoms with Crippen molar-refractivity contribution in [2.45, 2.75) is 55.3 Å². The predicted octanol–water partition coefficient (Wildman–Crippen LogP) is 5.11. The molecule has 3 aromatic rings. The third-order valence-electron chi connectivity index (χ3n) is 9.57. The molecule has 7 heteroatoms. The lowest BCUT2D eigenvalue weighted by molar-refractivity contribution is -0.173. The minimum atomic E-state index is -0.951. The Morgan fingerprint density at radius 3 is 2.82 bits per heavy atom. The molecule has 4 atom stereocenters. The molecule has 0 radical (unpaired) electrons. The Bertz CT molecular complexity index is 1430. The summed E-state index contributed by atoms with van der Waals surface area (Å²) in [5.41, 5.74) is 4.24. The van der Waals surface area contributed by atoms with E-state index in [1.54, 1.807) is 6.07 Å². The average molecular weight is 586 g/mol. The van der Waals surface area contributed by atoms with Crippen molar-refractivity contribution in [3.8, 4) is 11.5 Å². The molecule has 5 nitrogen and oxygen atoms in total. The normalized spacial score (nSPS) is 33.1. The zero-order valence-corrected chi connectivity index (χ0v) is 22.1. The first-order chi connectivity index (χ1) is 16.3. The van der Waals surface area contributed by atoms with Crippen LogP contribution in [0.25, 0.3) is 10.9 Å². The number of likely N-dealkylation sites (tertiary alicyclic amines) is 1. The van der Waals surface area contributed by atoms with E-state index in [9.17, 15) is 10.2 Å². The molecule has 34 heavy (non-hydrogen) atoms. The number of ether oxygens (including phenoxy) is 1. The molecule has 5 aliphatic rings. The molecule has 2 N–H and O–H groups in total. The van der Waals surface area contributed by atoms with E-state index in [1.165, 1.54) is 24.0 Å². The Hall–Kier alpha value is -1.54. The van der Waals surface area contributed by atoms with E-state index >= 15 is 0 Å². The number of fused-ring (bicyclic) bond motifs is 4. The fraction of sp³-hybridized carbons (Fsp3) is 0.481. The minimum Gasteiger partial charge on any atom is -0.504 e. The van der Waals surface area contributed by atoms with Gasteiger partial charge in [-0.1, -0.05) is 22.0 Å². The number of hydrogen-bond acceptors (Lipinski definition) is 4. The van der Waals surface area contributed by atoms with Crippen LogP contribution in [0.15, 0.2) is 33.2 Å². The summed E-state index contributed by atoms with van der Waals surface area (Å²) in [5.74, 6) is 1.55. The maximum Gasteiger partial charge on any atom is 0.166 e. The third-order valence-corrected chi connectivity index (χ3v) is 10.6. The lowest BCUT2D eigenvalue weighted by Crippen LogP contribution is -2.74. The SMILES string of the molecule is Cn1c2c(c3cc(Br)cc(Br)c31)C[C@@]1(O)[C@@H]3Cc4ccc(O)c5c4[C@@]1(CCN3CC1CC1)[C@H]2O5. The molecule has 0 amide bonds. The van der Waals surface area contributed by atoms with Crippen molar-refractivity contribution in [3.63, 3.8) is 0 Å². The second kappa shape index (κ2) is 6.41. The smallest absolute Gasteiger partial charge is 0.166 e. The zero-order valence-electron chi connectivity index (χ0n) is 18.9. The molecule has 0 unspecified atom stereocenters. The van der Waals surface area contributed by atoms with Crippen LogP contribution in [0.2, 0.25) is 0 Å². The van der Waals surface area contributed by atoms with Gasteiger partial charge in [-0.2, -0.15) is 0 Å². The van der Waals surface area contributed by atoms with E-state index in [-0.39, 0.29) is 17.9 Å². The van der Waals surface area contributed by atoms with Gasteiger partial charge in [0.05, 0.1) is 22.2 Å². The summed E-state index contributed by atoms with van der Waals surface area (Å²) in [5, 5.41) is 25.0. The summed E-state index contributed by atoms with van der Waals surface area (Å²) in [4.78, 5) is 2.58. The summed E-state index contributed by atoms with van der Waals surface area (Å²) >= 11 is 7.47. The lowest BCUT2D eigenvalue weighted by atomic mass is 9.49. The second-order valence-electron chi connectivity index (χ2n) is 11.1. The van der Waals surface area contributed by atoms with E-state index < -0.39 is 11.0 Å². The van der Waals surface area contributed by atoms with Crippen LogP contribution in [0.3, 0.4) is 0 Å². The Balaban J connectivity index is 1.45. The van der Waals surface area contributed by atoms with Crippen molar-refractivity contribution in [2.75, 3.05) is 13.1 Å². The molecule has 3 aliphatic carbocycles. The van der Waals surface area contributed by atoms with Crippen molar-refractivity contribution < 1.29 is 14.9 Å². The largest absolute Gasteiger partial charge is 0.504 e. The first-order valence-electron chi connectivity index (χ1n) is 12.3. The van der Waals surface area contributed by atoms with E-state index in [4.69, 9.17) is 4.74 Å². The van der Waals surface area contributed by atoms with Gasteiger partial charge in [-0.3, -0.25) is 4.90 Å².